The van der Waals surface area contributed by atoms with Crippen molar-refractivity contribution in [1.82, 2.24) is 14.5 Å². The summed E-state index contributed by atoms with van der Waals surface area (Å²) in [6.07, 6.45) is 5.42. The Kier molecular flexibility index (Phi) is 3.98. The summed E-state index contributed by atoms with van der Waals surface area (Å²) in [6.45, 7) is 2.39. The zero-order chi connectivity index (χ0) is 14.1. The van der Waals surface area contributed by atoms with E-state index in [1.54, 1.807) is 7.05 Å². The summed E-state index contributed by atoms with van der Waals surface area (Å²) in [5.41, 5.74) is 5.35. The van der Waals surface area contributed by atoms with E-state index in [0.717, 1.165) is 25.7 Å². The van der Waals surface area contributed by atoms with Crippen molar-refractivity contribution >= 4 is 10.0 Å². The average molecular weight is 286 g/mol. The maximum absolute atomic E-state index is 12.5. The predicted molar refractivity (Wildman–Crippen MR) is 72.9 cm³/mol. The molecule has 1 aliphatic carbocycles. The van der Waals surface area contributed by atoms with Gasteiger partial charge in [0, 0.05) is 19.1 Å². The van der Waals surface area contributed by atoms with E-state index in [1.165, 1.54) is 16.9 Å². The summed E-state index contributed by atoms with van der Waals surface area (Å²) in [4.78, 5) is 0. The lowest BCUT2D eigenvalue weighted by molar-refractivity contribution is 0.191. The van der Waals surface area contributed by atoms with Gasteiger partial charge in [-0.05, 0) is 24.8 Å². The van der Waals surface area contributed by atoms with Crippen LogP contribution in [0.15, 0.2) is 17.3 Å². The summed E-state index contributed by atoms with van der Waals surface area (Å²) in [7, 11) is -1.96. The molecule has 3 N–H and O–H groups in total. The number of hydrogen-bond donors (Lipinski definition) is 2. The minimum Gasteiger partial charge on any atom is -0.329 e. The molecule has 0 amide bonds. The van der Waals surface area contributed by atoms with Crippen molar-refractivity contribution in [1.29, 1.82) is 0 Å². The first-order valence-electron chi connectivity index (χ1n) is 6.63. The number of nitrogens with zero attached hydrogens (tertiary/aromatic N) is 2. The highest BCUT2D eigenvalue weighted by molar-refractivity contribution is 7.89. The number of rotatable bonds is 4. The smallest absolute Gasteiger partial charge is 0.258 e. The number of aromatic nitrogens is 2. The van der Waals surface area contributed by atoms with Gasteiger partial charge >= 0.3 is 0 Å². The first-order chi connectivity index (χ1) is 8.91. The molecular weight excluding hydrogens is 264 g/mol. The van der Waals surface area contributed by atoms with Gasteiger partial charge in [-0.2, -0.15) is 5.10 Å². The van der Waals surface area contributed by atoms with Crippen LogP contribution in [0.3, 0.4) is 0 Å². The molecule has 2 atom stereocenters. The minimum atomic E-state index is -3.58. The molecule has 1 heterocycles. The molecule has 1 fully saturated rings. The number of nitrogens with one attached hydrogen (secondary N) is 1. The fourth-order valence-electron chi connectivity index (χ4n) is 2.86. The van der Waals surface area contributed by atoms with Crippen molar-refractivity contribution in [3.8, 4) is 0 Å². The van der Waals surface area contributed by atoms with Gasteiger partial charge in [0.25, 0.3) is 10.0 Å². The standard InChI is InChI=1S/C12H22N4O2S/c1-10-5-3-4-7-12(10,9-13)15-19(17,18)11-6-8-14-16(11)2/h6,8,10,15H,3-5,7,9,13H2,1-2H3. The van der Waals surface area contributed by atoms with Crippen LogP contribution in [-0.4, -0.2) is 30.3 Å². The fourth-order valence-corrected chi connectivity index (χ4v) is 4.52. The van der Waals surface area contributed by atoms with Gasteiger partial charge in [-0.25, -0.2) is 13.1 Å². The van der Waals surface area contributed by atoms with E-state index < -0.39 is 15.6 Å². The lowest BCUT2D eigenvalue weighted by Crippen LogP contribution is -2.59. The third-order valence-corrected chi connectivity index (χ3v) is 5.83. The molecule has 7 heteroatoms. The van der Waals surface area contributed by atoms with Crippen molar-refractivity contribution in [2.75, 3.05) is 6.54 Å². The van der Waals surface area contributed by atoms with Gasteiger partial charge in [0.1, 0.15) is 0 Å². The highest BCUT2D eigenvalue weighted by Crippen LogP contribution is 2.34. The SMILES string of the molecule is CC1CCCCC1(CN)NS(=O)(=O)c1ccnn1C. The highest BCUT2D eigenvalue weighted by atomic mass is 32.2. The summed E-state index contributed by atoms with van der Waals surface area (Å²) in [5, 5.41) is 4.09. The van der Waals surface area contributed by atoms with E-state index in [2.05, 4.69) is 16.7 Å². The van der Waals surface area contributed by atoms with E-state index in [-0.39, 0.29) is 10.9 Å². The third-order valence-electron chi connectivity index (χ3n) is 4.21. The molecule has 0 radical (unpaired) electrons. The summed E-state index contributed by atoms with van der Waals surface area (Å²) < 4.78 is 29.1. The van der Waals surface area contributed by atoms with E-state index in [4.69, 9.17) is 5.73 Å². The molecule has 0 spiro atoms. The number of aryl methyl sites for hydroxylation is 1. The molecule has 0 bridgehead atoms. The molecule has 19 heavy (non-hydrogen) atoms. The number of nitrogens with two attached hydrogens (primary N) is 1. The first kappa shape index (κ1) is 14.5. The Bertz CT molecular complexity index is 540. The van der Waals surface area contributed by atoms with Crippen LogP contribution in [0.25, 0.3) is 0 Å². The Hall–Kier alpha value is -0.920. The molecule has 1 saturated carbocycles. The molecule has 1 aliphatic rings. The molecule has 2 unspecified atom stereocenters. The fraction of sp³-hybridized carbons (Fsp3) is 0.750. The number of hydrogen-bond acceptors (Lipinski definition) is 4. The van der Waals surface area contributed by atoms with E-state index >= 15 is 0 Å². The van der Waals surface area contributed by atoms with Gasteiger partial charge in [0.05, 0.1) is 6.20 Å². The van der Waals surface area contributed by atoms with Gasteiger partial charge < -0.3 is 5.73 Å². The monoisotopic (exact) mass is 286 g/mol. The van der Waals surface area contributed by atoms with Crippen LogP contribution < -0.4 is 10.5 Å². The quantitative estimate of drug-likeness (QED) is 0.848. The normalized spacial score (nSPS) is 28.5. The van der Waals surface area contributed by atoms with Crippen LogP contribution in [-0.2, 0) is 17.1 Å². The van der Waals surface area contributed by atoms with Crippen LogP contribution in [0.2, 0.25) is 0 Å². The van der Waals surface area contributed by atoms with Crippen molar-refractivity contribution in [3.05, 3.63) is 12.3 Å². The summed E-state index contributed by atoms with van der Waals surface area (Å²) in [6, 6.07) is 1.50. The Balaban J connectivity index is 2.30. The Labute approximate surface area is 114 Å². The Morgan fingerprint density at radius 1 is 1.58 bits per heavy atom. The molecule has 6 nitrogen and oxygen atoms in total. The zero-order valence-corrected chi connectivity index (χ0v) is 12.3. The first-order valence-corrected chi connectivity index (χ1v) is 8.12. The molecule has 0 aromatic carbocycles. The highest BCUT2D eigenvalue weighted by Gasteiger charge is 2.41. The lowest BCUT2D eigenvalue weighted by Gasteiger charge is -2.42. The van der Waals surface area contributed by atoms with Crippen LogP contribution >= 0.6 is 0 Å². The lowest BCUT2D eigenvalue weighted by atomic mass is 9.74. The van der Waals surface area contributed by atoms with Gasteiger partial charge in [0.15, 0.2) is 5.03 Å². The van der Waals surface area contributed by atoms with Crippen LogP contribution in [0.4, 0.5) is 0 Å². The molecule has 2 rings (SSSR count). The van der Waals surface area contributed by atoms with Crippen LogP contribution in [0.1, 0.15) is 32.6 Å². The average Bonchev–Trinajstić information content (AvgIpc) is 2.79. The second-order valence-corrected chi connectivity index (χ2v) is 7.03. The third kappa shape index (κ3) is 2.68. The van der Waals surface area contributed by atoms with Crippen molar-refractivity contribution in [2.45, 2.75) is 43.2 Å². The zero-order valence-electron chi connectivity index (χ0n) is 11.5. The predicted octanol–water partition coefficient (Wildman–Crippen LogP) is 0.606. The van der Waals surface area contributed by atoms with Gasteiger partial charge in [-0.15, -0.1) is 0 Å². The minimum absolute atomic E-state index is 0.179. The largest absolute Gasteiger partial charge is 0.329 e. The molecule has 0 saturated heterocycles. The molecule has 1 aromatic heterocycles. The maximum Gasteiger partial charge on any atom is 0.258 e. The molecular formula is C12H22N4O2S. The Morgan fingerprint density at radius 3 is 2.84 bits per heavy atom. The van der Waals surface area contributed by atoms with Crippen LogP contribution in [0.5, 0.6) is 0 Å². The van der Waals surface area contributed by atoms with Gasteiger partial charge in [0.2, 0.25) is 0 Å². The van der Waals surface area contributed by atoms with Crippen molar-refractivity contribution in [3.63, 3.8) is 0 Å². The summed E-state index contributed by atoms with van der Waals surface area (Å²) >= 11 is 0. The molecule has 1 aromatic rings. The second kappa shape index (κ2) is 5.22. The topological polar surface area (TPSA) is 90.0 Å². The van der Waals surface area contributed by atoms with E-state index in [0.29, 0.717) is 6.54 Å². The van der Waals surface area contributed by atoms with E-state index in [9.17, 15) is 8.42 Å². The molecule has 108 valence electrons. The van der Waals surface area contributed by atoms with Crippen LogP contribution in [0, 0.1) is 5.92 Å². The van der Waals surface area contributed by atoms with E-state index in [1.807, 2.05) is 0 Å². The van der Waals surface area contributed by atoms with Crippen molar-refractivity contribution < 1.29 is 8.42 Å². The van der Waals surface area contributed by atoms with Gasteiger partial charge in [-0.1, -0.05) is 19.8 Å². The molecule has 0 aliphatic heterocycles. The van der Waals surface area contributed by atoms with Gasteiger partial charge in [-0.3, -0.25) is 4.68 Å². The van der Waals surface area contributed by atoms with Crippen molar-refractivity contribution in [2.24, 2.45) is 18.7 Å². The Morgan fingerprint density at radius 2 is 2.32 bits per heavy atom. The maximum atomic E-state index is 12.5. The number of sulfonamides is 1. The summed E-state index contributed by atoms with van der Waals surface area (Å²) in [5.74, 6) is 0.245. The second-order valence-electron chi connectivity index (χ2n) is 5.41.